The highest BCUT2D eigenvalue weighted by Crippen LogP contribution is 2.34. The van der Waals surface area contributed by atoms with Crippen molar-refractivity contribution >= 4 is 27.8 Å². The minimum atomic E-state index is -1.81. The van der Waals surface area contributed by atoms with Crippen LogP contribution < -0.4 is 4.90 Å². The molecule has 0 heterocycles. The number of nitrogens with zero attached hydrogens (tertiary/aromatic N) is 1. The molecule has 1 N–H and O–H groups in total. The first kappa shape index (κ1) is 22.0. The van der Waals surface area contributed by atoms with Crippen molar-refractivity contribution in [1.29, 1.82) is 0 Å². The Bertz CT molecular complexity index is 562. The largest absolute Gasteiger partial charge is 0.543 e. The van der Waals surface area contributed by atoms with E-state index in [9.17, 15) is 5.11 Å². The predicted molar refractivity (Wildman–Crippen MR) is 116 cm³/mol. The van der Waals surface area contributed by atoms with Crippen LogP contribution in [0.4, 0.5) is 5.69 Å². The maximum atomic E-state index is 10.2. The molecule has 1 aromatic carbocycles. The van der Waals surface area contributed by atoms with Gasteiger partial charge in [0, 0.05) is 25.3 Å². The molecule has 0 fully saturated rings. The predicted octanol–water partition coefficient (Wildman–Crippen LogP) is 5.36. The molecule has 0 bridgehead atoms. The third kappa shape index (κ3) is 5.46. The van der Waals surface area contributed by atoms with Crippen molar-refractivity contribution in [2.24, 2.45) is 0 Å². The second-order valence-electron chi connectivity index (χ2n) is 8.00. The summed E-state index contributed by atoms with van der Waals surface area (Å²) in [5, 5.41) is 11.3. The Labute approximate surface area is 156 Å². The second-order valence-corrected chi connectivity index (χ2v) is 17.8. The van der Waals surface area contributed by atoms with E-state index in [1.165, 1.54) is 5.69 Å². The minimum absolute atomic E-state index is 0.0854. The molecule has 0 radical (unpaired) electrons. The lowest BCUT2D eigenvalue weighted by Gasteiger charge is -2.34. The molecule has 142 valence electrons. The van der Waals surface area contributed by atoms with Crippen LogP contribution in [-0.2, 0) is 4.43 Å². The lowest BCUT2D eigenvalue weighted by Crippen LogP contribution is -2.37. The molecule has 3 nitrogen and oxygen atoms in total. The molecule has 0 saturated heterocycles. The molecule has 0 unspecified atom stereocenters. The van der Waals surface area contributed by atoms with Crippen LogP contribution in [0, 0.1) is 0 Å². The van der Waals surface area contributed by atoms with E-state index in [1.54, 1.807) is 0 Å². The third-order valence-electron chi connectivity index (χ3n) is 5.24. The summed E-state index contributed by atoms with van der Waals surface area (Å²) in [6, 6.07) is 11.8. The van der Waals surface area contributed by atoms with Gasteiger partial charge in [-0.2, -0.15) is 0 Å². The van der Waals surface area contributed by atoms with Gasteiger partial charge >= 0.3 is 0 Å². The average Bonchev–Trinajstić information content (AvgIpc) is 2.58. The summed E-state index contributed by atoms with van der Waals surface area (Å²) in [6.07, 6.45) is 0. The summed E-state index contributed by atoms with van der Waals surface area (Å²) in [5.74, 6) is 0.962. The lowest BCUT2D eigenvalue weighted by atomic mass is 10.1. The fraction of sp³-hybridized carbons (Fsp3) is 0.600. The molecule has 25 heavy (non-hydrogen) atoms. The van der Waals surface area contributed by atoms with Gasteiger partial charge < -0.3 is 14.4 Å². The zero-order valence-corrected chi connectivity index (χ0v) is 19.4. The summed E-state index contributed by atoms with van der Waals surface area (Å²) in [6.45, 7) is 13.7. The average molecular weight is 380 g/mol. The first-order chi connectivity index (χ1) is 11.6. The van der Waals surface area contributed by atoms with Crippen LogP contribution in [-0.4, -0.2) is 42.2 Å². The van der Waals surface area contributed by atoms with E-state index in [4.69, 9.17) is 4.43 Å². The third-order valence-corrected chi connectivity index (χ3v) is 11.9. The van der Waals surface area contributed by atoms with Gasteiger partial charge in [0.05, 0.1) is 14.7 Å². The fourth-order valence-electron chi connectivity index (χ4n) is 3.04. The molecule has 0 atom stereocenters. The highest BCUT2D eigenvalue weighted by molar-refractivity contribution is 6.84. The van der Waals surface area contributed by atoms with Gasteiger partial charge in [0.1, 0.15) is 5.76 Å². The molecule has 0 aliphatic heterocycles. The van der Waals surface area contributed by atoms with Crippen molar-refractivity contribution in [3.05, 3.63) is 35.0 Å². The van der Waals surface area contributed by atoms with Gasteiger partial charge in [-0.05, 0) is 47.6 Å². The molecular formula is C20H37NO2Si2. The van der Waals surface area contributed by atoms with E-state index in [-0.39, 0.29) is 6.61 Å². The summed E-state index contributed by atoms with van der Waals surface area (Å²) >= 11 is 0. The molecule has 0 aliphatic carbocycles. The van der Waals surface area contributed by atoms with Gasteiger partial charge in [0.15, 0.2) is 0 Å². The number of aliphatic hydroxyl groups excluding tert-OH is 1. The summed E-state index contributed by atoms with van der Waals surface area (Å²) in [5.41, 5.74) is 2.27. The Kier molecular flexibility index (Phi) is 7.97. The van der Waals surface area contributed by atoms with E-state index in [0.29, 0.717) is 0 Å². The van der Waals surface area contributed by atoms with Gasteiger partial charge in [-0.25, -0.2) is 0 Å². The zero-order valence-electron chi connectivity index (χ0n) is 17.4. The minimum Gasteiger partial charge on any atom is -0.543 e. The molecular weight excluding hydrogens is 342 g/mol. The topological polar surface area (TPSA) is 32.7 Å². The maximum absolute atomic E-state index is 10.2. The van der Waals surface area contributed by atoms with Gasteiger partial charge in [0.25, 0.3) is 0 Å². The highest BCUT2D eigenvalue weighted by atomic mass is 28.4. The van der Waals surface area contributed by atoms with E-state index in [1.807, 2.05) is 14.1 Å². The molecule has 1 aromatic rings. The number of hydrogen-bond acceptors (Lipinski definition) is 3. The smallest absolute Gasteiger partial charge is 0.250 e. The van der Waals surface area contributed by atoms with Crippen molar-refractivity contribution in [2.75, 3.05) is 25.6 Å². The van der Waals surface area contributed by atoms with Crippen LogP contribution in [0.1, 0.15) is 26.3 Å². The van der Waals surface area contributed by atoms with Crippen LogP contribution in [0.2, 0.25) is 37.8 Å². The van der Waals surface area contributed by atoms with Gasteiger partial charge in [0.2, 0.25) is 8.32 Å². The van der Waals surface area contributed by atoms with Crippen LogP contribution in [0.3, 0.4) is 0 Å². The summed E-state index contributed by atoms with van der Waals surface area (Å²) in [7, 11) is 0.593. The van der Waals surface area contributed by atoms with Gasteiger partial charge in [-0.1, -0.05) is 40.4 Å². The molecule has 5 heteroatoms. The molecule has 0 amide bonds. The standard InChI is InChI=1S/C20H37NO2Si2/c1-9-25(10-2,11-3)23-20(19(16-22)24(6,7)8)17-12-14-18(15-13-17)21(4)5/h12-15,22H,9-11,16H2,1-8H3/b20-19-. The number of rotatable bonds is 9. The van der Waals surface area contributed by atoms with Crippen LogP contribution in [0.15, 0.2) is 29.5 Å². The first-order valence-electron chi connectivity index (χ1n) is 9.45. The number of anilines is 1. The van der Waals surface area contributed by atoms with E-state index < -0.39 is 16.4 Å². The van der Waals surface area contributed by atoms with Crippen LogP contribution in [0.5, 0.6) is 0 Å². The maximum Gasteiger partial charge on any atom is 0.250 e. The highest BCUT2D eigenvalue weighted by Gasteiger charge is 2.34. The van der Waals surface area contributed by atoms with Crippen molar-refractivity contribution < 1.29 is 9.53 Å². The van der Waals surface area contributed by atoms with Crippen molar-refractivity contribution in [3.63, 3.8) is 0 Å². The Morgan fingerprint density at radius 1 is 0.960 bits per heavy atom. The molecule has 1 rings (SSSR count). The van der Waals surface area contributed by atoms with Gasteiger partial charge in [-0.15, -0.1) is 0 Å². The van der Waals surface area contributed by atoms with E-state index in [0.717, 1.165) is 34.7 Å². The normalized spacial score (nSPS) is 13.5. The van der Waals surface area contributed by atoms with Crippen LogP contribution >= 0.6 is 0 Å². The van der Waals surface area contributed by atoms with E-state index in [2.05, 4.69) is 69.6 Å². The monoisotopic (exact) mass is 379 g/mol. The lowest BCUT2D eigenvalue weighted by molar-refractivity contribution is 0.334. The molecule has 0 aromatic heterocycles. The van der Waals surface area contributed by atoms with Crippen molar-refractivity contribution in [3.8, 4) is 0 Å². The summed E-state index contributed by atoms with van der Waals surface area (Å²) in [4.78, 5) is 2.10. The quantitative estimate of drug-likeness (QED) is 0.463. The second kappa shape index (κ2) is 9.05. The Balaban J connectivity index is 3.50. The molecule has 0 aliphatic rings. The van der Waals surface area contributed by atoms with Crippen molar-refractivity contribution in [1.82, 2.24) is 0 Å². The SMILES string of the molecule is CC[Si](CC)(CC)O/C(=C(/CO)[Si](C)(C)C)c1ccc(N(C)C)cc1. The Hall–Kier alpha value is -1.05. The Morgan fingerprint density at radius 2 is 1.44 bits per heavy atom. The summed E-state index contributed by atoms with van der Waals surface area (Å²) < 4.78 is 6.83. The zero-order chi connectivity index (χ0) is 19.3. The van der Waals surface area contributed by atoms with Gasteiger partial charge in [-0.3, -0.25) is 0 Å². The molecule has 0 spiro atoms. The number of aliphatic hydroxyl groups is 1. The number of benzene rings is 1. The first-order valence-corrected chi connectivity index (χ1v) is 15.5. The van der Waals surface area contributed by atoms with E-state index >= 15 is 0 Å². The molecule has 0 saturated carbocycles. The van der Waals surface area contributed by atoms with Crippen LogP contribution in [0.25, 0.3) is 5.76 Å². The Morgan fingerprint density at radius 3 is 1.76 bits per heavy atom. The fourth-order valence-corrected chi connectivity index (χ4v) is 7.10. The van der Waals surface area contributed by atoms with Crippen molar-refractivity contribution in [2.45, 2.75) is 58.5 Å². The number of hydrogen-bond donors (Lipinski definition) is 1.